The molecule has 0 aliphatic heterocycles. The zero-order valence-electron chi connectivity index (χ0n) is 10.3. The Morgan fingerprint density at radius 1 is 1.42 bits per heavy atom. The van der Waals surface area contributed by atoms with Crippen LogP contribution in [0.2, 0.25) is 0 Å². The molecule has 2 aromatic rings. The van der Waals surface area contributed by atoms with Crippen LogP contribution < -0.4 is 11.1 Å². The third-order valence-electron chi connectivity index (χ3n) is 2.64. The summed E-state index contributed by atoms with van der Waals surface area (Å²) in [6.07, 6.45) is 0.207. The topological polar surface area (TPSA) is 95.3 Å². The molecule has 3 N–H and O–H groups in total. The summed E-state index contributed by atoms with van der Waals surface area (Å²) >= 11 is 0. The van der Waals surface area contributed by atoms with Gasteiger partial charge in [0.05, 0.1) is 6.54 Å². The summed E-state index contributed by atoms with van der Waals surface area (Å²) in [7, 11) is 0. The van der Waals surface area contributed by atoms with Gasteiger partial charge in [0.15, 0.2) is 5.76 Å². The molecule has 100 valence electrons. The first-order chi connectivity index (χ1) is 9.06. The lowest BCUT2D eigenvalue weighted by Gasteiger charge is -2.09. The summed E-state index contributed by atoms with van der Waals surface area (Å²) in [6.45, 7) is 1.90. The van der Waals surface area contributed by atoms with Crippen molar-refractivity contribution in [1.82, 2.24) is 10.3 Å². The SMILES string of the molecule is Cc1ccc(C(=O)NCC(O)c2c[nH]c(=O)o2)cc1. The minimum atomic E-state index is -1.06. The Balaban J connectivity index is 1.93. The lowest BCUT2D eigenvalue weighted by molar-refractivity contribution is 0.0900. The van der Waals surface area contributed by atoms with Crippen molar-refractivity contribution < 1.29 is 14.3 Å². The second kappa shape index (κ2) is 5.53. The molecule has 0 saturated heterocycles. The number of aryl methyl sites for hydroxylation is 1. The second-order valence-electron chi connectivity index (χ2n) is 4.17. The van der Waals surface area contributed by atoms with Crippen molar-refractivity contribution in [1.29, 1.82) is 0 Å². The standard InChI is InChI=1S/C13H14N2O4/c1-8-2-4-9(5-3-8)12(17)14-6-10(16)11-7-15-13(18)19-11/h2-5,7,10,16H,6H2,1H3,(H,14,17)(H,15,18). The third-order valence-corrected chi connectivity index (χ3v) is 2.64. The van der Waals surface area contributed by atoms with Crippen LogP contribution in [0.4, 0.5) is 0 Å². The van der Waals surface area contributed by atoms with Crippen LogP contribution in [0.1, 0.15) is 27.8 Å². The third kappa shape index (κ3) is 3.32. The van der Waals surface area contributed by atoms with Gasteiger partial charge in [0, 0.05) is 11.8 Å². The minimum absolute atomic E-state index is 0.0342. The Morgan fingerprint density at radius 2 is 2.11 bits per heavy atom. The molecule has 0 bridgehead atoms. The largest absolute Gasteiger partial charge is 0.416 e. The number of benzene rings is 1. The van der Waals surface area contributed by atoms with Gasteiger partial charge in [-0.05, 0) is 19.1 Å². The molecule has 2 rings (SSSR count). The molecule has 6 nitrogen and oxygen atoms in total. The number of carbonyl (C=O) groups is 1. The number of H-pyrrole nitrogens is 1. The van der Waals surface area contributed by atoms with E-state index in [0.717, 1.165) is 5.56 Å². The highest BCUT2D eigenvalue weighted by atomic mass is 16.4. The van der Waals surface area contributed by atoms with Crippen LogP contribution in [-0.2, 0) is 0 Å². The summed E-state index contributed by atoms with van der Waals surface area (Å²) < 4.78 is 4.69. The van der Waals surface area contributed by atoms with E-state index in [1.165, 1.54) is 6.20 Å². The Bertz CT molecular complexity index is 612. The number of aliphatic hydroxyl groups is 1. The van der Waals surface area contributed by atoms with Crippen molar-refractivity contribution in [3.05, 3.63) is 57.9 Å². The van der Waals surface area contributed by atoms with Crippen molar-refractivity contribution in [2.45, 2.75) is 13.0 Å². The molecule has 0 aliphatic carbocycles. The molecular weight excluding hydrogens is 248 g/mol. The van der Waals surface area contributed by atoms with Crippen molar-refractivity contribution in [2.75, 3.05) is 6.54 Å². The first kappa shape index (κ1) is 13.1. The van der Waals surface area contributed by atoms with Gasteiger partial charge in [-0.15, -0.1) is 0 Å². The van der Waals surface area contributed by atoms with Crippen molar-refractivity contribution in [3.8, 4) is 0 Å². The normalized spacial score (nSPS) is 12.1. The first-order valence-electron chi connectivity index (χ1n) is 5.77. The molecule has 0 aliphatic rings. The summed E-state index contributed by atoms with van der Waals surface area (Å²) in [6, 6.07) is 7.06. The highest BCUT2D eigenvalue weighted by Gasteiger charge is 2.14. The van der Waals surface area contributed by atoms with E-state index in [1.807, 2.05) is 19.1 Å². The highest BCUT2D eigenvalue weighted by Crippen LogP contribution is 2.08. The fourth-order valence-electron chi connectivity index (χ4n) is 1.56. The first-order valence-corrected chi connectivity index (χ1v) is 5.77. The van der Waals surface area contributed by atoms with Crippen molar-refractivity contribution in [3.63, 3.8) is 0 Å². The number of aromatic amines is 1. The number of oxazole rings is 1. The number of rotatable bonds is 4. The van der Waals surface area contributed by atoms with Gasteiger partial charge in [0.2, 0.25) is 0 Å². The van der Waals surface area contributed by atoms with E-state index < -0.39 is 11.9 Å². The lowest BCUT2D eigenvalue weighted by Crippen LogP contribution is -2.28. The monoisotopic (exact) mass is 262 g/mol. The number of hydrogen-bond acceptors (Lipinski definition) is 4. The molecule has 19 heavy (non-hydrogen) atoms. The quantitative estimate of drug-likeness (QED) is 0.757. The van der Waals surface area contributed by atoms with Crippen LogP contribution in [-0.4, -0.2) is 22.5 Å². The minimum Gasteiger partial charge on any atom is -0.410 e. The van der Waals surface area contributed by atoms with Crippen LogP contribution in [0.5, 0.6) is 0 Å². The average Bonchev–Trinajstić information content (AvgIpc) is 2.83. The number of nitrogens with one attached hydrogen (secondary N) is 2. The maximum Gasteiger partial charge on any atom is 0.416 e. The van der Waals surface area contributed by atoms with Crippen LogP contribution in [0, 0.1) is 6.92 Å². The number of carbonyl (C=O) groups excluding carboxylic acids is 1. The maximum atomic E-state index is 11.8. The number of aliphatic hydroxyl groups excluding tert-OH is 1. The fourth-order valence-corrected chi connectivity index (χ4v) is 1.56. The second-order valence-corrected chi connectivity index (χ2v) is 4.17. The molecule has 0 fully saturated rings. The van der Waals surface area contributed by atoms with Crippen LogP contribution in [0.3, 0.4) is 0 Å². The number of hydrogen-bond donors (Lipinski definition) is 3. The Labute approximate surface area is 109 Å². The van der Waals surface area contributed by atoms with E-state index in [-0.39, 0.29) is 18.2 Å². The molecule has 1 amide bonds. The van der Waals surface area contributed by atoms with E-state index >= 15 is 0 Å². The molecular formula is C13H14N2O4. The summed E-state index contributed by atoms with van der Waals surface area (Å²) in [4.78, 5) is 24.8. The molecule has 1 aromatic carbocycles. The van der Waals surface area contributed by atoms with Gasteiger partial charge in [-0.3, -0.25) is 9.78 Å². The van der Waals surface area contributed by atoms with Gasteiger partial charge in [-0.1, -0.05) is 17.7 Å². The van der Waals surface area contributed by atoms with Crippen molar-refractivity contribution in [2.24, 2.45) is 0 Å². The Hall–Kier alpha value is -2.34. The zero-order valence-corrected chi connectivity index (χ0v) is 10.3. The van der Waals surface area contributed by atoms with E-state index in [9.17, 15) is 14.7 Å². The summed E-state index contributed by atoms with van der Waals surface area (Å²) in [5.41, 5.74) is 1.57. The van der Waals surface area contributed by atoms with Gasteiger partial charge >= 0.3 is 5.76 Å². The van der Waals surface area contributed by atoms with Gasteiger partial charge in [0.25, 0.3) is 5.91 Å². The molecule has 0 radical (unpaired) electrons. The highest BCUT2D eigenvalue weighted by molar-refractivity contribution is 5.94. The fraction of sp³-hybridized carbons (Fsp3) is 0.231. The van der Waals surface area contributed by atoms with E-state index in [4.69, 9.17) is 0 Å². The average molecular weight is 262 g/mol. The van der Waals surface area contributed by atoms with Crippen molar-refractivity contribution >= 4 is 5.91 Å². The van der Waals surface area contributed by atoms with Gasteiger partial charge in [-0.2, -0.15) is 0 Å². The van der Waals surface area contributed by atoms with Gasteiger partial charge in [-0.25, -0.2) is 4.79 Å². The Kier molecular flexibility index (Phi) is 3.82. The zero-order chi connectivity index (χ0) is 13.8. The summed E-state index contributed by atoms with van der Waals surface area (Å²) in [5.74, 6) is -0.843. The summed E-state index contributed by atoms with van der Waals surface area (Å²) in [5, 5.41) is 12.3. The molecule has 1 aromatic heterocycles. The lowest BCUT2D eigenvalue weighted by atomic mass is 10.1. The van der Waals surface area contributed by atoms with Gasteiger partial charge in [0.1, 0.15) is 6.10 Å². The molecule has 1 atom stereocenters. The van der Waals surface area contributed by atoms with E-state index in [1.54, 1.807) is 12.1 Å². The predicted molar refractivity (Wildman–Crippen MR) is 67.8 cm³/mol. The number of amides is 1. The number of aromatic nitrogens is 1. The van der Waals surface area contributed by atoms with E-state index in [2.05, 4.69) is 14.7 Å². The Morgan fingerprint density at radius 3 is 2.68 bits per heavy atom. The molecule has 6 heteroatoms. The predicted octanol–water partition coefficient (Wildman–Crippen LogP) is 0.740. The molecule has 1 unspecified atom stereocenters. The van der Waals surface area contributed by atoms with Gasteiger partial charge < -0.3 is 14.8 Å². The van der Waals surface area contributed by atoms with Crippen LogP contribution in [0.25, 0.3) is 0 Å². The maximum absolute atomic E-state index is 11.8. The smallest absolute Gasteiger partial charge is 0.410 e. The van der Waals surface area contributed by atoms with E-state index in [0.29, 0.717) is 5.56 Å². The van der Waals surface area contributed by atoms with Crippen LogP contribution in [0.15, 0.2) is 39.7 Å². The molecule has 0 spiro atoms. The van der Waals surface area contributed by atoms with Crippen LogP contribution >= 0.6 is 0 Å². The molecule has 0 saturated carbocycles. The molecule has 1 heterocycles.